The fourth-order valence-corrected chi connectivity index (χ4v) is 1.49. The molecule has 94 valence electrons. The molecule has 3 N–H and O–H groups in total. The third-order valence-corrected chi connectivity index (χ3v) is 2.42. The summed E-state index contributed by atoms with van der Waals surface area (Å²) in [6.07, 6.45) is 2.40. The first-order valence-electron chi connectivity index (χ1n) is 5.74. The van der Waals surface area contributed by atoms with E-state index in [0.717, 1.165) is 29.9 Å². The van der Waals surface area contributed by atoms with Crippen LogP contribution in [0.25, 0.3) is 0 Å². The molecule has 1 aromatic carbocycles. The minimum Gasteiger partial charge on any atom is -0.493 e. The van der Waals surface area contributed by atoms with E-state index in [0.29, 0.717) is 13.0 Å². The summed E-state index contributed by atoms with van der Waals surface area (Å²) < 4.78 is 10.9. The summed E-state index contributed by atoms with van der Waals surface area (Å²) in [4.78, 5) is 0. The first-order chi connectivity index (χ1) is 8.13. The third kappa shape index (κ3) is 4.76. The first-order valence-corrected chi connectivity index (χ1v) is 5.74. The minimum atomic E-state index is 0.234. The van der Waals surface area contributed by atoms with Gasteiger partial charge in [0.1, 0.15) is 0 Å². The second kappa shape index (κ2) is 6.78. The maximum atomic E-state index is 7.10. The Bertz CT molecular complexity index is 378. The number of nitrogens with one attached hydrogen (secondary N) is 1. The molecule has 4 nitrogen and oxygen atoms in total. The maximum absolute atomic E-state index is 7.10. The molecule has 0 bridgehead atoms. The Kier molecular flexibility index (Phi) is 5.33. The Hall–Kier alpha value is -1.71. The number of hydrogen-bond donors (Lipinski definition) is 2. The largest absolute Gasteiger partial charge is 0.493 e. The number of nitrogens with two attached hydrogens (primary N) is 1. The lowest BCUT2D eigenvalue weighted by atomic mass is 10.2. The van der Waals surface area contributed by atoms with Crippen molar-refractivity contribution in [2.24, 2.45) is 5.73 Å². The van der Waals surface area contributed by atoms with Crippen molar-refractivity contribution in [3.8, 4) is 11.5 Å². The lowest BCUT2D eigenvalue weighted by Gasteiger charge is -2.11. The van der Waals surface area contributed by atoms with Gasteiger partial charge >= 0.3 is 0 Å². The number of methoxy groups -OCH3 is 1. The van der Waals surface area contributed by atoms with Crippen LogP contribution in [0.4, 0.5) is 0 Å². The second-order valence-corrected chi connectivity index (χ2v) is 3.99. The fourth-order valence-electron chi connectivity index (χ4n) is 1.49. The van der Waals surface area contributed by atoms with Crippen molar-refractivity contribution in [1.82, 2.24) is 0 Å². The van der Waals surface area contributed by atoms with Crippen LogP contribution in [-0.4, -0.2) is 19.6 Å². The van der Waals surface area contributed by atoms with Gasteiger partial charge in [0.05, 0.1) is 19.6 Å². The molecule has 0 aliphatic rings. The third-order valence-electron chi connectivity index (χ3n) is 2.42. The van der Waals surface area contributed by atoms with Gasteiger partial charge < -0.3 is 15.2 Å². The Balaban J connectivity index is 2.38. The van der Waals surface area contributed by atoms with E-state index in [4.69, 9.17) is 20.6 Å². The average molecular weight is 236 g/mol. The van der Waals surface area contributed by atoms with E-state index in [1.165, 1.54) is 0 Å². The normalized spacial score (nSPS) is 10.0. The van der Waals surface area contributed by atoms with Crippen molar-refractivity contribution in [3.63, 3.8) is 0 Å². The highest BCUT2D eigenvalue weighted by molar-refractivity contribution is 5.76. The molecule has 4 heteroatoms. The summed E-state index contributed by atoms with van der Waals surface area (Å²) in [6, 6.07) is 5.86. The number of aryl methyl sites for hydroxylation is 1. The van der Waals surface area contributed by atoms with Gasteiger partial charge in [-0.25, -0.2) is 0 Å². The van der Waals surface area contributed by atoms with Crippen LogP contribution in [0, 0.1) is 12.3 Å². The molecule has 0 amide bonds. The lowest BCUT2D eigenvalue weighted by molar-refractivity contribution is 0.287. The Morgan fingerprint density at radius 2 is 2.06 bits per heavy atom. The summed E-state index contributed by atoms with van der Waals surface area (Å²) in [7, 11) is 1.64. The standard InChI is InChI=1S/C13H20N2O2/c1-10-6-7-11(12(9-10)16-2)17-8-4-3-5-13(14)15/h6-7,9H,3-5,8H2,1-2H3,(H3,14,15). The van der Waals surface area contributed by atoms with Gasteiger partial charge in [-0.1, -0.05) is 6.07 Å². The van der Waals surface area contributed by atoms with Gasteiger partial charge in [0.25, 0.3) is 0 Å². The van der Waals surface area contributed by atoms with Crippen molar-refractivity contribution in [1.29, 1.82) is 5.41 Å². The molecule has 0 saturated heterocycles. The molecule has 0 heterocycles. The Morgan fingerprint density at radius 3 is 2.71 bits per heavy atom. The van der Waals surface area contributed by atoms with Crippen LogP contribution in [0.15, 0.2) is 18.2 Å². The lowest BCUT2D eigenvalue weighted by Crippen LogP contribution is -2.09. The summed E-state index contributed by atoms with van der Waals surface area (Å²) in [5.41, 5.74) is 6.41. The molecule has 0 saturated carbocycles. The number of rotatable bonds is 7. The number of amidine groups is 1. The highest BCUT2D eigenvalue weighted by atomic mass is 16.5. The number of hydrogen-bond acceptors (Lipinski definition) is 3. The minimum absolute atomic E-state index is 0.234. The molecular weight excluding hydrogens is 216 g/mol. The monoisotopic (exact) mass is 236 g/mol. The zero-order valence-electron chi connectivity index (χ0n) is 10.5. The molecule has 0 aliphatic heterocycles. The van der Waals surface area contributed by atoms with Crippen LogP contribution in [-0.2, 0) is 0 Å². The van der Waals surface area contributed by atoms with Gasteiger partial charge in [-0.3, -0.25) is 5.41 Å². The maximum Gasteiger partial charge on any atom is 0.161 e. The SMILES string of the molecule is COc1cc(C)ccc1OCCCCC(=N)N. The van der Waals surface area contributed by atoms with Gasteiger partial charge in [0.15, 0.2) is 11.5 Å². The molecule has 0 radical (unpaired) electrons. The predicted molar refractivity (Wildman–Crippen MR) is 69.0 cm³/mol. The topological polar surface area (TPSA) is 68.3 Å². The Morgan fingerprint density at radius 1 is 1.29 bits per heavy atom. The van der Waals surface area contributed by atoms with Gasteiger partial charge in [-0.05, 0) is 37.5 Å². The van der Waals surface area contributed by atoms with Crippen molar-refractivity contribution >= 4 is 5.84 Å². The summed E-state index contributed by atoms with van der Waals surface area (Å²) >= 11 is 0. The van der Waals surface area contributed by atoms with Gasteiger partial charge in [0.2, 0.25) is 0 Å². The average Bonchev–Trinajstić information content (AvgIpc) is 2.29. The predicted octanol–water partition coefficient (Wildman–Crippen LogP) is 2.49. The summed E-state index contributed by atoms with van der Waals surface area (Å²) in [5.74, 6) is 1.76. The van der Waals surface area contributed by atoms with Crippen molar-refractivity contribution in [2.75, 3.05) is 13.7 Å². The molecule has 1 aromatic rings. The molecule has 0 fully saturated rings. The molecule has 0 aromatic heterocycles. The van der Waals surface area contributed by atoms with Crippen molar-refractivity contribution < 1.29 is 9.47 Å². The first kappa shape index (κ1) is 13.4. The summed E-state index contributed by atoms with van der Waals surface area (Å²) in [6.45, 7) is 2.63. The van der Waals surface area contributed by atoms with Crippen molar-refractivity contribution in [3.05, 3.63) is 23.8 Å². The molecule has 17 heavy (non-hydrogen) atoms. The van der Waals surface area contributed by atoms with E-state index >= 15 is 0 Å². The van der Waals surface area contributed by atoms with Crippen LogP contribution in [0.5, 0.6) is 11.5 Å². The quantitative estimate of drug-likeness (QED) is 0.434. The smallest absolute Gasteiger partial charge is 0.161 e. The number of unbranched alkanes of at least 4 members (excludes halogenated alkanes) is 1. The van der Waals surface area contributed by atoms with Gasteiger partial charge in [0, 0.05) is 6.42 Å². The van der Waals surface area contributed by atoms with Crippen LogP contribution < -0.4 is 15.2 Å². The van der Waals surface area contributed by atoms with Gasteiger partial charge in [-0.15, -0.1) is 0 Å². The Labute approximate surface area is 102 Å². The van der Waals surface area contributed by atoms with Crippen LogP contribution in [0.1, 0.15) is 24.8 Å². The molecule has 0 aliphatic carbocycles. The van der Waals surface area contributed by atoms with Crippen molar-refractivity contribution in [2.45, 2.75) is 26.2 Å². The number of ether oxygens (including phenoxy) is 2. The van der Waals surface area contributed by atoms with E-state index in [1.54, 1.807) is 7.11 Å². The molecule has 1 rings (SSSR count). The zero-order valence-corrected chi connectivity index (χ0v) is 10.5. The molecular formula is C13H20N2O2. The fraction of sp³-hybridized carbons (Fsp3) is 0.462. The van der Waals surface area contributed by atoms with E-state index in [9.17, 15) is 0 Å². The van der Waals surface area contributed by atoms with Crippen LogP contribution >= 0.6 is 0 Å². The molecule has 0 unspecified atom stereocenters. The zero-order chi connectivity index (χ0) is 12.7. The molecule has 0 spiro atoms. The molecule has 0 atom stereocenters. The van der Waals surface area contributed by atoms with E-state index in [-0.39, 0.29) is 5.84 Å². The van der Waals surface area contributed by atoms with Crippen LogP contribution in [0.3, 0.4) is 0 Å². The van der Waals surface area contributed by atoms with E-state index < -0.39 is 0 Å². The highest BCUT2D eigenvalue weighted by Crippen LogP contribution is 2.27. The van der Waals surface area contributed by atoms with E-state index in [2.05, 4.69) is 0 Å². The highest BCUT2D eigenvalue weighted by Gasteiger charge is 2.03. The number of benzene rings is 1. The van der Waals surface area contributed by atoms with Gasteiger partial charge in [-0.2, -0.15) is 0 Å². The second-order valence-electron chi connectivity index (χ2n) is 3.99. The summed E-state index contributed by atoms with van der Waals surface area (Å²) in [5, 5.41) is 7.10. The van der Waals surface area contributed by atoms with E-state index in [1.807, 2.05) is 25.1 Å². The van der Waals surface area contributed by atoms with Crippen LogP contribution in [0.2, 0.25) is 0 Å².